The highest BCUT2D eigenvalue weighted by atomic mass is 35.5. The molecule has 0 bridgehead atoms. The zero-order valence-electron chi connectivity index (χ0n) is 17.3. The predicted octanol–water partition coefficient (Wildman–Crippen LogP) is 4.50. The molecule has 1 amide bonds. The van der Waals surface area contributed by atoms with E-state index in [4.69, 9.17) is 20.8 Å². The van der Waals surface area contributed by atoms with E-state index in [0.29, 0.717) is 5.39 Å². The van der Waals surface area contributed by atoms with Crippen molar-refractivity contribution in [1.29, 1.82) is 0 Å². The second-order valence-corrected chi connectivity index (χ2v) is 7.53. The smallest absolute Gasteiger partial charge is 0.349 e. The number of nitro groups is 1. The molecule has 4 rings (SSSR count). The van der Waals surface area contributed by atoms with Crippen molar-refractivity contribution in [1.82, 2.24) is 5.32 Å². The Kier molecular flexibility index (Phi) is 6.37. The number of ether oxygens (including phenoxy) is 1. The average molecular weight is 479 g/mol. The fraction of sp³-hybridized carbons (Fsp3) is 0.0417. The Morgan fingerprint density at radius 2 is 1.76 bits per heavy atom. The highest BCUT2D eigenvalue weighted by Gasteiger charge is 2.19. The van der Waals surface area contributed by atoms with E-state index in [0.717, 1.165) is 17.7 Å². The van der Waals surface area contributed by atoms with E-state index in [2.05, 4.69) is 5.32 Å². The minimum atomic E-state index is -0.924. The molecule has 0 saturated carbocycles. The first-order chi connectivity index (χ1) is 16.3. The van der Waals surface area contributed by atoms with Crippen LogP contribution in [0, 0.1) is 10.1 Å². The maximum Gasteiger partial charge on any atom is 0.349 e. The maximum absolute atomic E-state index is 12.5. The summed E-state index contributed by atoms with van der Waals surface area (Å²) in [5.74, 6) is -1.49. The highest BCUT2D eigenvalue weighted by molar-refractivity contribution is 6.33. The first-order valence-electron chi connectivity index (χ1n) is 9.88. The standard InChI is InChI=1S/C24H15ClN2O7/c25-20-9-7-16(27(31)32)11-18(20)23(29)33-17-8-6-15-10-19(24(30)34-21(15)12-17)22(28)26-13-14-4-2-1-3-5-14/h1-12H,13H2,(H,26,28). The molecule has 10 heteroatoms. The highest BCUT2D eigenvalue weighted by Crippen LogP contribution is 2.25. The number of nitrogens with one attached hydrogen (secondary N) is 1. The number of nitrogens with zero attached hydrogens (tertiary/aromatic N) is 1. The number of carbonyl (C=O) groups is 2. The fourth-order valence-corrected chi connectivity index (χ4v) is 3.33. The van der Waals surface area contributed by atoms with Crippen LogP contribution in [0.4, 0.5) is 5.69 Å². The third kappa shape index (κ3) is 4.94. The van der Waals surface area contributed by atoms with E-state index in [1.165, 1.54) is 30.3 Å². The van der Waals surface area contributed by atoms with Crippen molar-refractivity contribution in [3.63, 3.8) is 0 Å². The molecule has 0 fully saturated rings. The van der Waals surface area contributed by atoms with E-state index in [9.17, 15) is 24.5 Å². The lowest BCUT2D eigenvalue weighted by molar-refractivity contribution is -0.384. The van der Waals surface area contributed by atoms with Gasteiger partial charge in [-0.05, 0) is 29.8 Å². The second-order valence-electron chi connectivity index (χ2n) is 7.13. The third-order valence-electron chi connectivity index (χ3n) is 4.84. The lowest BCUT2D eigenvalue weighted by Gasteiger charge is -2.08. The van der Waals surface area contributed by atoms with Gasteiger partial charge >= 0.3 is 11.6 Å². The van der Waals surface area contributed by atoms with Gasteiger partial charge in [0, 0.05) is 30.1 Å². The summed E-state index contributed by atoms with van der Waals surface area (Å²) in [7, 11) is 0. The van der Waals surface area contributed by atoms with Gasteiger partial charge in [0.25, 0.3) is 11.6 Å². The molecule has 0 atom stereocenters. The molecule has 0 aliphatic heterocycles. The van der Waals surface area contributed by atoms with Crippen LogP contribution in [-0.4, -0.2) is 16.8 Å². The number of non-ortho nitro benzene ring substituents is 1. The molecular formula is C24H15ClN2O7. The summed E-state index contributed by atoms with van der Waals surface area (Å²) < 4.78 is 10.5. The molecule has 0 spiro atoms. The predicted molar refractivity (Wildman–Crippen MR) is 123 cm³/mol. The maximum atomic E-state index is 12.5. The zero-order valence-corrected chi connectivity index (χ0v) is 18.1. The van der Waals surface area contributed by atoms with Gasteiger partial charge in [0.1, 0.15) is 16.9 Å². The summed E-state index contributed by atoms with van der Waals surface area (Å²) >= 11 is 5.97. The molecule has 34 heavy (non-hydrogen) atoms. The number of hydrogen-bond acceptors (Lipinski definition) is 7. The van der Waals surface area contributed by atoms with Crippen LogP contribution in [0.2, 0.25) is 5.02 Å². The summed E-state index contributed by atoms with van der Waals surface area (Å²) in [6.45, 7) is 0.242. The molecule has 0 radical (unpaired) electrons. The van der Waals surface area contributed by atoms with Gasteiger partial charge < -0.3 is 14.5 Å². The number of benzene rings is 3. The van der Waals surface area contributed by atoms with E-state index < -0.39 is 22.4 Å². The van der Waals surface area contributed by atoms with Crippen LogP contribution in [-0.2, 0) is 6.54 Å². The van der Waals surface area contributed by atoms with Crippen LogP contribution in [0.25, 0.3) is 11.0 Å². The van der Waals surface area contributed by atoms with Crippen LogP contribution in [0.1, 0.15) is 26.3 Å². The number of fused-ring (bicyclic) bond motifs is 1. The van der Waals surface area contributed by atoms with Crippen molar-refractivity contribution in [2.75, 3.05) is 0 Å². The van der Waals surface area contributed by atoms with Gasteiger partial charge in [0.2, 0.25) is 0 Å². The first-order valence-corrected chi connectivity index (χ1v) is 10.3. The monoisotopic (exact) mass is 478 g/mol. The van der Waals surface area contributed by atoms with Crippen molar-refractivity contribution in [3.05, 3.63) is 115 Å². The SMILES string of the molecule is O=C(Oc1ccc2cc(C(=O)NCc3ccccc3)c(=O)oc2c1)c1cc([N+](=O)[O-])ccc1Cl. The van der Waals surface area contributed by atoms with Gasteiger partial charge in [0.15, 0.2) is 0 Å². The Hall–Kier alpha value is -4.50. The van der Waals surface area contributed by atoms with Gasteiger partial charge in [-0.3, -0.25) is 14.9 Å². The van der Waals surface area contributed by atoms with Crippen molar-refractivity contribution in [2.45, 2.75) is 6.54 Å². The van der Waals surface area contributed by atoms with Gasteiger partial charge in [-0.15, -0.1) is 0 Å². The number of nitro benzene ring substituents is 1. The fourth-order valence-electron chi connectivity index (χ4n) is 3.13. The van der Waals surface area contributed by atoms with Gasteiger partial charge in [-0.1, -0.05) is 41.9 Å². The lowest BCUT2D eigenvalue weighted by Crippen LogP contribution is -2.27. The molecule has 0 aliphatic carbocycles. The van der Waals surface area contributed by atoms with Crippen molar-refractivity contribution < 1.29 is 23.7 Å². The summed E-state index contributed by atoms with van der Waals surface area (Å²) in [6, 6.07) is 18.2. The minimum Gasteiger partial charge on any atom is -0.423 e. The number of amides is 1. The Bertz CT molecular complexity index is 1480. The normalized spacial score (nSPS) is 10.6. The van der Waals surface area contributed by atoms with Crippen molar-refractivity contribution >= 4 is 40.1 Å². The van der Waals surface area contributed by atoms with Crippen LogP contribution >= 0.6 is 11.6 Å². The summed E-state index contributed by atoms with van der Waals surface area (Å²) in [5, 5.41) is 14.0. The number of hydrogen-bond donors (Lipinski definition) is 1. The summed E-state index contributed by atoms with van der Waals surface area (Å²) in [4.78, 5) is 47.6. The Labute approximate surface area is 196 Å². The molecule has 1 N–H and O–H groups in total. The quantitative estimate of drug-likeness (QED) is 0.142. The Morgan fingerprint density at radius 1 is 1.00 bits per heavy atom. The average Bonchev–Trinajstić information content (AvgIpc) is 2.82. The number of esters is 1. The number of halogens is 1. The van der Waals surface area contributed by atoms with E-state index in [1.807, 2.05) is 30.3 Å². The molecule has 9 nitrogen and oxygen atoms in total. The summed E-state index contributed by atoms with van der Waals surface area (Å²) in [6.07, 6.45) is 0. The Balaban J connectivity index is 1.54. The largest absolute Gasteiger partial charge is 0.423 e. The molecule has 1 heterocycles. The molecular weight excluding hydrogens is 464 g/mol. The van der Waals surface area contributed by atoms with E-state index in [1.54, 1.807) is 0 Å². The van der Waals surface area contributed by atoms with Crippen molar-refractivity contribution in [3.8, 4) is 5.75 Å². The molecule has 170 valence electrons. The van der Waals surface area contributed by atoms with E-state index >= 15 is 0 Å². The van der Waals surface area contributed by atoms with Crippen molar-refractivity contribution in [2.24, 2.45) is 0 Å². The molecule has 0 unspecified atom stereocenters. The number of carbonyl (C=O) groups excluding carboxylic acids is 2. The minimum absolute atomic E-state index is 0.0181. The molecule has 1 aromatic heterocycles. The molecule has 0 aliphatic rings. The molecule has 0 saturated heterocycles. The van der Waals surface area contributed by atoms with Crippen LogP contribution in [0.15, 0.2) is 82.0 Å². The van der Waals surface area contributed by atoms with Crippen LogP contribution < -0.4 is 15.7 Å². The topological polar surface area (TPSA) is 129 Å². The number of rotatable bonds is 6. The molecule has 3 aromatic carbocycles. The van der Waals surface area contributed by atoms with E-state index in [-0.39, 0.29) is 39.7 Å². The van der Waals surface area contributed by atoms with Crippen LogP contribution in [0.3, 0.4) is 0 Å². The van der Waals surface area contributed by atoms with Gasteiger partial charge in [0.05, 0.1) is 15.5 Å². The van der Waals surface area contributed by atoms with Gasteiger partial charge in [-0.25, -0.2) is 9.59 Å². The molecule has 4 aromatic rings. The van der Waals surface area contributed by atoms with Gasteiger partial charge in [-0.2, -0.15) is 0 Å². The zero-order chi connectivity index (χ0) is 24.2. The van der Waals surface area contributed by atoms with Crippen LogP contribution in [0.5, 0.6) is 5.75 Å². The second kappa shape index (κ2) is 9.55. The first kappa shape index (κ1) is 22.7. The third-order valence-corrected chi connectivity index (χ3v) is 5.17. The summed E-state index contributed by atoms with van der Waals surface area (Å²) in [5.41, 5.74) is -0.585. The lowest BCUT2D eigenvalue weighted by atomic mass is 10.1. The Morgan fingerprint density at radius 3 is 2.50 bits per heavy atom.